The maximum absolute atomic E-state index is 11.6. The van der Waals surface area contributed by atoms with Crippen LogP contribution in [0.25, 0.3) is 27.4 Å². The Kier molecular flexibility index (Phi) is 4.57. The molecule has 0 unspecified atom stereocenters. The van der Waals surface area contributed by atoms with Crippen LogP contribution in [-0.2, 0) is 15.9 Å². The maximum Gasteiger partial charge on any atom is 0.205 e. The molecule has 0 spiro atoms. The zero-order valence-corrected chi connectivity index (χ0v) is 20.6. The van der Waals surface area contributed by atoms with Gasteiger partial charge in [-0.25, -0.2) is 0 Å². The van der Waals surface area contributed by atoms with Crippen molar-refractivity contribution in [2.24, 2.45) is 0 Å². The molecule has 4 heterocycles. The van der Waals surface area contributed by atoms with Crippen LogP contribution in [0.3, 0.4) is 0 Å². The van der Waals surface area contributed by atoms with E-state index in [4.69, 9.17) is 13.9 Å². The predicted octanol–water partition coefficient (Wildman–Crippen LogP) is 6.07. The molecule has 7 rings (SSSR count). The first-order valence-corrected chi connectivity index (χ1v) is 12.5. The van der Waals surface area contributed by atoms with Gasteiger partial charge in [0.1, 0.15) is 23.2 Å². The van der Waals surface area contributed by atoms with Crippen LogP contribution in [0, 0.1) is 11.3 Å². The number of rotatable bonds is 5. The van der Waals surface area contributed by atoms with Crippen molar-refractivity contribution in [3.8, 4) is 35.0 Å². The minimum atomic E-state index is -0.813. The van der Waals surface area contributed by atoms with Crippen molar-refractivity contribution in [2.45, 2.75) is 37.4 Å². The molecule has 3 N–H and O–H groups in total. The van der Waals surface area contributed by atoms with Gasteiger partial charge in [-0.05, 0) is 44.0 Å². The Hall–Kier alpha value is -4.61. The van der Waals surface area contributed by atoms with E-state index in [1.807, 2.05) is 31.2 Å². The average molecular weight is 509 g/mol. The molecule has 2 aromatic heterocycles. The normalized spacial score (nSPS) is 21.7. The summed E-state index contributed by atoms with van der Waals surface area (Å²) >= 11 is 0. The fourth-order valence-electron chi connectivity index (χ4n) is 6.33. The third-order valence-corrected chi connectivity index (χ3v) is 8.10. The van der Waals surface area contributed by atoms with Gasteiger partial charge in [-0.15, -0.1) is 0 Å². The highest BCUT2D eigenvalue weighted by Crippen LogP contribution is 2.65. The summed E-state index contributed by atoms with van der Waals surface area (Å²) in [6.07, 6.45) is 3.12. The molecule has 0 saturated carbocycles. The maximum atomic E-state index is 11.6. The Labute approximate surface area is 217 Å². The molecule has 2 aliphatic rings. The molecule has 38 heavy (non-hydrogen) atoms. The highest BCUT2D eigenvalue weighted by Gasteiger charge is 2.61. The van der Waals surface area contributed by atoms with Crippen LogP contribution >= 0.6 is 0 Å². The van der Waals surface area contributed by atoms with Crippen LogP contribution in [0.5, 0.6) is 23.3 Å². The van der Waals surface area contributed by atoms with E-state index in [-0.39, 0.29) is 17.5 Å². The van der Waals surface area contributed by atoms with Gasteiger partial charge in [-0.3, -0.25) is 4.57 Å². The zero-order valence-electron chi connectivity index (χ0n) is 20.6. The van der Waals surface area contributed by atoms with E-state index in [0.717, 1.165) is 10.8 Å². The van der Waals surface area contributed by atoms with E-state index < -0.39 is 11.2 Å². The fourth-order valence-corrected chi connectivity index (χ4v) is 6.33. The van der Waals surface area contributed by atoms with Gasteiger partial charge in [0.25, 0.3) is 0 Å². The molecule has 8 nitrogen and oxygen atoms in total. The molecule has 8 heteroatoms. The highest BCUT2D eigenvalue weighted by molar-refractivity contribution is 5.95. The van der Waals surface area contributed by atoms with Gasteiger partial charge in [-0.2, -0.15) is 5.26 Å². The Morgan fingerprint density at radius 1 is 0.974 bits per heavy atom. The molecule has 2 aliphatic heterocycles. The van der Waals surface area contributed by atoms with E-state index in [1.54, 1.807) is 30.3 Å². The van der Waals surface area contributed by atoms with Crippen molar-refractivity contribution < 1.29 is 29.2 Å². The number of furan rings is 1. The summed E-state index contributed by atoms with van der Waals surface area (Å²) in [4.78, 5) is 0. The summed E-state index contributed by atoms with van der Waals surface area (Å²) in [5.41, 5.74) is 1.28. The second kappa shape index (κ2) is 7.70. The number of hydrogen-bond acceptors (Lipinski definition) is 7. The van der Waals surface area contributed by atoms with E-state index in [9.17, 15) is 20.6 Å². The Morgan fingerprint density at radius 2 is 1.76 bits per heavy atom. The molecule has 0 aliphatic carbocycles. The SMILES string of the molecule is C[C@@]12CC[C@@](CCOc3ccc4c(O)coc4c3)(O1)c1c2c(O)n(-c2ccc(C#N)c3ccccc23)c1O. The lowest BCUT2D eigenvalue weighted by Gasteiger charge is -2.26. The van der Waals surface area contributed by atoms with Crippen molar-refractivity contribution in [2.75, 3.05) is 6.61 Å². The first-order chi connectivity index (χ1) is 18.3. The van der Waals surface area contributed by atoms with E-state index in [2.05, 4.69) is 6.07 Å². The lowest BCUT2D eigenvalue weighted by molar-refractivity contribution is -0.0876. The molecular weight excluding hydrogens is 484 g/mol. The summed E-state index contributed by atoms with van der Waals surface area (Å²) in [6, 6.07) is 18.4. The van der Waals surface area contributed by atoms with Crippen molar-refractivity contribution in [3.63, 3.8) is 0 Å². The van der Waals surface area contributed by atoms with Crippen molar-refractivity contribution in [1.29, 1.82) is 5.26 Å². The number of nitriles is 1. The van der Waals surface area contributed by atoms with Gasteiger partial charge in [0, 0.05) is 23.3 Å². The largest absolute Gasteiger partial charge is 0.504 e. The summed E-state index contributed by atoms with van der Waals surface area (Å²) in [7, 11) is 0. The second-order valence-electron chi connectivity index (χ2n) is 10.2. The van der Waals surface area contributed by atoms with Crippen LogP contribution in [0.2, 0.25) is 0 Å². The fraction of sp³-hybridized carbons (Fsp3) is 0.233. The number of aromatic hydroxyl groups is 3. The van der Waals surface area contributed by atoms with Crippen molar-refractivity contribution in [1.82, 2.24) is 4.57 Å². The summed E-state index contributed by atoms with van der Waals surface area (Å²) in [5.74, 6) is 0.553. The minimum absolute atomic E-state index is 0.0552. The van der Waals surface area contributed by atoms with E-state index in [1.165, 1.54) is 10.8 Å². The zero-order chi connectivity index (χ0) is 26.2. The molecule has 5 aromatic rings. The minimum Gasteiger partial charge on any atom is -0.504 e. The molecule has 2 atom stereocenters. The number of fused-ring (bicyclic) bond motifs is 7. The van der Waals surface area contributed by atoms with Gasteiger partial charge in [0.05, 0.1) is 46.0 Å². The lowest BCUT2D eigenvalue weighted by atomic mass is 9.78. The summed E-state index contributed by atoms with van der Waals surface area (Å²) in [5, 5.41) is 44.6. The molecule has 190 valence electrons. The number of ether oxygens (including phenoxy) is 2. The number of aromatic nitrogens is 1. The van der Waals surface area contributed by atoms with Crippen LogP contribution in [0.4, 0.5) is 0 Å². The predicted molar refractivity (Wildman–Crippen MR) is 139 cm³/mol. The van der Waals surface area contributed by atoms with E-state index in [0.29, 0.717) is 65.0 Å². The van der Waals surface area contributed by atoms with E-state index >= 15 is 0 Å². The molecule has 3 aromatic carbocycles. The Balaban J connectivity index is 1.27. The molecule has 0 amide bonds. The average Bonchev–Trinajstić information content (AvgIpc) is 3.62. The van der Waals surface area contributed by atoms with Gasteiger partial charge >= 0.3 is 0 Å². The topological polar surface area (TPSA) is 121 Å². The number of hydrogen-bond donors (Lipinski definition) is 3. The van der Waals surface area contributed by atoms with Crippen molar-refractivity contribution >= 4 is 21.7 Å². The third-order valence-electron chi connectivity index (χ3n) is 8.10. The smallest absolute Gasteiger partial charge is 0.205 e. The first-order valence-electron chi connectivity index (χ1n) is 12.5. The summed E-state index contributed by atoms with van der Waals surface area (Å²) < 4.78 is 19.4. The van der Waals surface area contributed by atoms with Crippen molar-refractivity contribution in [3.05, 3.63) is 77.6 Å². The van der Waals surface area contributed by atoms with Gasteiger partial charge in [0.15, 0.2) is 5.75 Å². The van der Waals surface area contributed by atoms with Crippen LogP contribution < -0.4 is 4.74 Å². The Morgan fingerprint density at radius 3 is 2.58 bits per heavy atom. The molecule has 2 bridgehead atoms. The van der Waals surface area contributed by atoms with Gasteiger partial charge < -0.3 is 29.2 Å². The molecule has 1 fully saturated rings. The lowest BCUT2D eigenvalue weighted by Crippen LogP contribution is -2.25. The van der Waals surface area contributed by atoms with Gasteiger partial charge in [-0.1, -0.05) is 24.3 Å². The van der Waals surface area contributed by atoms with Gasteiger partial charge in [0.2, 0.25) is 11.8 Å². The number of benzene rings is 3. The van der Waals surface area contributed by atoms with Crippen LogP contribution in [0.15, 0.2) is 65.3 Å². The van der Waals surface area contributed by atoms with Crippen LogP contribution in [-0.4, -0.2) is 26.5 Å². The standard InChI is InChI=1S/C30H24N2O6/c1-29-10-11-30(38-29,12-13-36-18-7-8-21-23(33)16-37-24(21)14-18)26-25(29)27(34)32(28(26)35)22-9-6-17(15-31)19-4-2-3-5-20(19)22/h2-9,14,16,33-35H,10-13H2,1H3/t29-,30-/m0/s1. The third kappa shape index (κ3) is 2.93. The molecule has 1 saturated heterocycles. The highest BCUT2D eigenvalue weighted by atomic mass is 16.5. The first kappa shape index (κ1) is 22.6. The monoisotopic (exact) mass is 508 g/mol. The second-order valence-corrected chi connectivity index (χ2v) is 10.2. The molecule has 0 radical (unpaired) electrons. The molecular formula is C30H24N2O6. The summed E-state index contributed by atoms with van der Waals surface area (Å²) in [6.45, 7) is 2.25. The number of nitrogens with zero attached hydrogens (tertiary/aromatic N) is 2. The Bertz CT molecular complexity index is 1810. The quantitative estimate of drug-likeness (QED) is 0.263. The van der Waals surface area contributed by atoms with Crippen LogP contribution in [0.1, 0.15) is 42.9 Å².